The number of ether oxygens (including phenoxy) is 1. The summed E-state index contributed by atoms with van der Waals surface area (Å²) in [6.07, 6.45) is 0.492. The summed E-state index contributed by atoms with van der Waals surface area (Å²) in [6.45, 7) is 0. The highest BCUT2D eigenvalue weighted by Crippen LogP contribution is 2.15. The van der Waals surface area contributed by atoms with Crippen LogP contribution in [0, 0.1) is 0 Å². The van der Waals surface area contributed by atoms with E-state index < -0.39 is 5.97 Å². The Hall–Kier alpha value is -1.84. The second-order valence-electron chi connectivity index (χ2n) is 2.38. The highest BCUT2D eigenvalue weighted by Gasteiger charge is 2.09. The van der Waals surface area contributed by atoms with Crippen LogP contribution in [0.1, 0.15) is 20.7 Å². The topological polar surface area (TPSA) is 63.6 Å². The summed E-state index contributed by atoms with van der Waals surface area (Å²) >= 11 is 0. The Labute approximate surface area is 74.8 Å². The quantitative estimate of drug-likeness (QED) is 0.710. The molecule has 0 amide bonds. The van der Waals surface area contributed by atoms with E-state index in [1.165, 1.54) is 25.3 Å². The van der Waals surface area contributed by atoms with Crippen LogP contribution < -0.4 is 4.74 Å². The fourth-order valence-corrected chi connectivity index (χ4v) is 0.960. The summed E-state index contributed by atoms with van der Waals surface area (Å²) < 4.78 is 4.84. The highest BCUT2D eigenvalue weighted by atomic mass is 16.5. The van der Waals surface area contributed by atoms with E-state index in [-0.39, 0.29) is 11.1 Å². The first-order valence-electron chi connectivity index (χ1n) is 3.55. The molecule has 0 aliphatic carbocycles. The van der Waals surface area contributed by atoms with E-state index in [1.807, 2.05) is 0 Å². The van der Waals surface area contributed by atoms with Gasteiger partial charge in [0.05, 0.1) is 12.7 Å². The van der Waals surface area contributed by atoms with Crippen molar-refractivity contribution in [3.8, 4) is 5.75 Å². The third-order valence-corrected chi connectivity index (χ3v) is 1.62. The Morgan fingerprint density at radius 2 is 2.23 bits per heavy atom. The molecule has 0 aromatic heterocycles. The monoisotopic (exact) mass is 180 g/mol. The van der Waals surface area contributed by atoms with E-state index >= 15 is 0 Å². The summed E-state index contributed by atoms with van der Waals surface area (Å²) in [6, 6.07) is 4.22. The van der Waals surface area contributed by atoms with Crippen molar-refractivity contribution in [1.29, 1.82) is 0 Å². The Balaban J connectivity index is 3.23. The molecule has 0 heterocycles. The Kier molecular flexibility index (Phi) is 2.64. The maximum absolute atomic E-state index is 10.6. The van der Waals surface area contributed by atoms with Crippen LogP contribution in [0.2, 0.25) is 0 Å². The summed E-state index contributed by atoms with van der Waals surface area (Å²) in [5.74, 6) is -0.656. The highest BCUT2D eigenvalue weighted by molar-refractivity contribution is 5.97. The number of methoxy groups -OCH3 is 1. The van der Waals surface area contributed by atoms with E-state index in [4.69, 9.17) is 9.84 Å². The smallest absolute Gasteiger partial charge is 0.336 e. The molecule has 13 heavy (non-hydrogen) atoms. The Bertz CT molecular complexity index is 343. The maximum atomic E-state index is 10.6. The van der Waals surface area contributed by atoms with Crippen molar-refractivity contribution in [2.45, 2.75) is 0 Å². The van der Waals surface area contributed by atoms with Crippen LogP contribution in [0.4, 0.5) is 0 Å². The fraction of sp³-hybridized carbons (Fsp3) is 0.111. The number of benzene rings is 1. The number of aromatic carboxylic acids is 1. The number of carbonyl (C=O) groups excluding carboxylic acids is 1. The SMILES string of the molecule is COc1ccc(C(=O)O)c(C=O)c1. The van der Waals surface area contributed by atoms with Gasteiger partial charge < -0.3 is 9.84 Å². The van der Waals surface area contributed by atoms with Gasteiger partial charge in [-0.15, -0.1) is 0 Å². The van der Waals surface area contributed by atoms with Crippen LogP contribution in [0.3, 0.4) is 0 Å². The molecule has 1 rings (SSSR count). The number of carboxylic acids is 1. The Morgan fingerprint density at radius 3 is 2.69 bits per heavy atom. The van der Waals surface area contributed by atoms with Crippen LogP contribution in [0.5, 0.6) is 5.75 Å². The van der Waals surface area contributed by atoms with Crippen molar-refractivity contribution in [1.82, 2.24) is 0 Å². The van der Waals surface area contributed by atoms with Gasteiger partial charge in [0.2, 0.25) is 0 Å². The van der Waals surface area contributed by atoms with Gasteiger partial charge in [-0.2, -0.15) is 0 Å². The lowest BCUT2D eigenvalue weighted by Gasteiger charge is -2.02. The molecule has 1 N–H and O–H groups in total. The molecule has 68 valence electrons. The summed E-state index contributed by atoms with van der Waals surface area (Å²) in [5, 5.41) is 8.66. The number of carboxylic acid groups (broad SMARTS) is 1. The molecule has 1 aromatic carbocycles. The molecule has 0 atom stereocenters. The summed E-state index contributed by atoms with van der Waals surface area (Å²) in [5.41, 5.74) is 0.0997. The minimum Gasteiger partial charge on any atom is -0.497 e. The number of aldehydes is 1. The van der Waals surface area contributed by atoms with Crippen LogP contribution >= 0.6 is 0 Å². The first kappa shape index (κ1) is 9.25. The van der Waals surface area contributed by atoms with Crippen molar-refractivity contribution in [3.05, 3.63) is 29.3 Å². The molecule has 0 aliphatic heterocycles. The molecule has 0 saturated carbocycles. The van der Waals surface area contributed by atoms with Crippen molar-refractivity contribution in [3.63, 3.8) is 0 Å². The zero-order valence-electron chi connectivity index (χ0n) is 6.98. The first-order valence-corrected chi connectivity index (χ1v) is 3.55. The van der Waals surface area contributed by atoms with Gasteiger partial charge in [-0.3, -0.25) is 4.79 Å². The minimum absolute atomic E-state index is 0.0178. The van der Waals surface area contributed by atoms with Gasteiger partial charge in [0.25, 0.3) is 0 Å². The van der Waals surface area contributed by atoms with Crippen molar-refractivity contribution in [2.24, 2.45) is 0 Å². The lowest BCUT2D eigenvalue weighted by Crippen LogP contribution is -2.01. The molecule has 0 saturated heterocycles. The number of hydrogen-bond acceptors (Lipinski definition) is 3. The van der Waals surface area contributed by atoms with E-state index in [2.05, 4.69) is 0 Å². The Morgan fingerprint density at radius 1 is 1.54 bits per heavy atom. The minimum atomic E-state index is -1.12. The van der Waals surface area contributed by atoms with E-state index in [0.717, 1.165) is 0 Å². The summed E-state index contributed by atoms with van der Waals surface area (Å²) in [4.78, 5) is 21.1. The molecule has 0 bridgehead atoms. The number of rotatable bonds is 3. The lowest BCUT2D eigenvalue weighted by molar-refractivity contribution is 0.0694. The predicted octanol–water partition coefficient (Wildman–Crippen LogP) is 1.21. The molecule has 0 unspecified atom stereocenters. The molecule has 0 fully saturated rings. The average molecular weight is 180 g/mol. The van der Waals surface area contributed by atoms with Crippen LogP contribution in [-0.2, 0) is 0 Å². The zero-order valence-corrected chi connectivity index (χ0v) is 6.98. The first-order chi connectivity index (χ1) is 6.19. The maximum Gasteiger partial charge on any atom is 0.336 e. The molecule has 1 aromatic rings. The predicted molar refractivity (Wildman–Crippen MR) is 45.3 cm³/mol. The number of hydrogen-bond donors (Lipinski definition) is 1. The van der Waals surface area contributed by atoms with Crippen LogP contribution in [0.15, 0.2) is 18.2 Å². The van der Waals surface area contributed by atoms with Crippen molar-refractivity contribution >= 4 is 12.3 Å². The normalized spacial score (nSPS) is 9.31. The lowest BCUT2D eigenvalue weighted by atomic mass is 10.1. The zero-order chi connectivity index (χ0) is 9.84. The molecule has 0 aliphatic rings. The molecular weight excluding hydrogens is 172 g/mol. The van der Waals surface area contributed by atoms with Gasteiger partial charge in [-0.25, -0.2) is 4.79 Å². The van der Waals surface area contributed by atoms with Gasteiger partial charge >= 0.3 is 5.97 Å². The standard InChI is InChI=1S/C9H8O4/c1-13-7-2-3-8(9(11)12)6(4-7)5-10/h2-5H,1H3,(H,11,12). The van der Waals surface area contributed by atoms with E-state index in [9.17, 15) is 9.59 Å². The number of carbonyl (C=O) groups is 2. The summed E-state index contributed by atoms with van der Waals surface area (Å²) in [7, 11) is 1.45. The van der Waals surface area contributed by atoms with Gasteiger partial charge in [-0.05, 0) is 18.2 Å². The van der Waals surface area contributed by atoms with E-state index in [1.54, 1.807) is 0 Å². The second kappa shape index (κ2) is 3.71. The molecule has 4 nitrogen and oxygen atoms in total. The fourth-order valence-electron chi connectivity index (χ4n) is 0.960. The van der Waals surface area contributed by atoms with Crippen molar-refractivity contribution in [2.75, 3.05) is 7.11 Å². The molecule has 0 spiro atoms. The molecule has 4 heteroatoms. The molecule has 0 radical (unpaired) electrons. The van der Waals surface area contributed by atoms with Gasteiger partial charge in [0.15, 0.2) is 6.29 Å². The van der Waals surface area contributed by atoms with Gasteiger partial charge in [-0.1, -0.05) is 0 Å². The third-order valence-electron chi connectivity index (χ3n) is 1.62. The third kappa shape index (κ3) is 1.84. The van der Waals surface area contributed by atoms with Crippen LogP contribution in [0.25, 0.3) is 0 Å². The van der Waals surface area contributed by atoms with Gasteiger partial charge in [0.1, 0.15) is 5.75 Å². The average Bonchev–Trinajstić information content (AvgIpc) is 2.16. The van der Waals surface area contributed by atoms with E-state index in [0.29, 0.717) is 12.0 Å². The largest absolute Gasteiger partial charge is 0.497 e. The molecular formula is C9H8O4. The van der Waals surface area contributed by atoms with Gasteiger partial charge in [0, 0.05) is 5.56 Å². The van der Waals surface area contributed by atoms with Crippen molar-refractivity contribution < 1.29 is 19.4 Å². The second-order valence-corrected chi connectivity index (χ2v) is 2.38. The van der Waals surface area contributed by atoms with Crippen LogP contribution in [-0.4, -0.2) is 24.5 Å².